The fourth-order valence-electron chi connectivity index (χ4n) is 3.72. The van der Waals surface area contributed by atoms with Crippen molar-refractivity contribution in [2.24, 2.45) is 5.92 Å². The van der Waals surface area contributed by atoms with Crippen LogP contribution in [-0.4, -0.2) is 43.7 Å². The minimum atomic E-state index is 0.228. The number of amides is 1. The van der Waals surface area contributed by atoms with Crippen LogP contribution in [0.15, 0.2) is 17.5 Å². The molecule has 1 amide bonds. The maximum absolute atomic E-state index is 12.3. The van der Waals surface area contributed by atoms with Gasteiger partial charge in [0.25, 0.3) is 0 Å². The van der Waals surface area contributed by atoms with Gasteiger partial charge in [0.2, 0.25) is 5.91 Å². The molecule has 5 heteroatoms. The van der Waals surface area contributed by atoms with Gasteiger partial charge in [-0.2, -0.15) is 0 Å². The summed E-state index contributed by atoms with van der Waals surface area (Å²) in [6.45, 7) is 4.18. The minimum absolute atomic E-state index is 0.228. The maximum atomic E-state index is 12.3. The van der Waals surface area contributed by atoms with Crippen molar-refractivity contribution >= 4 is 17.2 Å². The molecule has 23 heavy (non-hydrogen) atoms. The number of hydrogen-bond acceptors (Lipinski definition) is 4. The number of morpholine rings is 1. The van der Waals surface area contributed by atoms with Crippen LogP contribution >= 0.6 is 11.3 Å². The molecular formula is C18H28N2O2S. The largest absolute Gasteiger partial charge is 0.379 e. The van der Waals surface area contributed by atoms with Gasteiger partial charge in [-0.25, -0.2) is 0 Å². The van der Waals surface area contributed by atoms with Crippen molar-refractivity contribution in [2.75, 3.05) is 32.8 Å². The van der Waals surface area contributed by atoms with Crippen LogP contribution < -0.4 is 5.32 Å². The molecule has 1 saturated heterocycles. The van der Waals surface area contributed by atoms with Crippen LogP contribution in [0.3, 0.4) is 0 Å². The molecule has 0 aromatic carbocycles. The molecule has 4 nitrogen and oxygen atoms in total. The minimum Gasteiger partial charge on any atom is -0.379 e. The third kappa shape index (κ3) is 5.03. The molecule has 0 radical (unpaired) electrons. The lowest BCUT2D eigenvalue weighted by molar-refractivity contribution is -0.122. The third-order valence-corrected chi connectivity index (χ3v) is 6.02. The van der Waals surface area contributed by atoms with Gasteiger partial charge in [0.15, 0.2) is 0 Å². The van der Waals surface area contributed by atoms with Gasteiger partial charge in [-0.15, -0.1) is 11.3 Å². The van der Waals surface area contributed by atoms with E-state index in [1.165, 1.54) is 37.0 Å². The monoisotopic (exact) mass is 336 g/mol. The summed E-state index contributed by atoms with van der Waals surface area (Å²) in [4.78, 5) is 16.1. The summed E-state index contributed by atoms with van der Waals surface area (Å²) in [5.41, 5.74) is 0. The maximum Gasteiger partial charge on any atom is 0.220 e. The highest BCUT2D eigenvalue weighted by Gasteiger charge is 2.24. The first-order valence-corrected chi connectivity index (χ1v) is 9.83. The number of nitrogens with zero attached hydrogens (tertiary/aromatic N) is 1. The Labute approximate surface area is 143 Å². The highest BCUT2D eigenvalue weighted by atomic mass is 32.1. The predicted octanol–water partition coefficient (Wildman–Crippen LogP) is 3.21. The van der Waals surface area contributed by atoms with E-state index in [2.05, 4.69) is 27.7 Å². The van der Waals surface area contributed by atoms with Crippen molar-refractivity contribution in [3.8, 4) is 0 Å². The van der Waals surface area contributed by atoms with E-state index in [0.29, 0.717) is 18.9 Å². The summed E-state index contributed by atoms with van der Waals surface area (Å²) in [5, 5.41) is 5.32. The second kappa shape index (κ2) is 8.81. The summed E-state index contributed by atoms with van der Waals surface area (Å²) >= 11 is 1.78. The van der Waals surface area contributed by atoms with Crippen LogP contribution in [0.4, 0.5) is 0 Å². The summed E-state index contributed by atoms with van der Waals surface area (Å²) in [6.07, 6.45) is 7.10. The van der Waals surface area contributed by atoms with E-state index >= 15 is 0 Å². The smallest absolute Gasteiger partial charge is 0.220 e. The van der Waals surface area contributed by atoms with Crippen LogP contribution in [0.1, 0.15) is 49.4 Å². The average Bonchev–Trinajstić information content (AvgIpc) is 3.11. The molecule has 1 aromatic rings. The average molecular weight is 337 g/mol. The molecule has 128 valence electrons. The number of carbonyl (C=O) groups is 1. The van der Waals surface area contributed by atoms with Crippen LogP contribution in [0.5, 0.6) is 0 Å². The van der Waals surface area contributed by atoms with Crippen LogP contribution in [0, 0.1) is 5.92 Å². The molecule has 0 bridgehead atoms. The zero-order chi connectivity index (χ0) is 15.9. The summed E-state index contributed by atoms with van der Waals surface area (Å²) in [5.74, 6) is 0.832. The van der Waals surface area contributed by atoms with E-state index in [1.54, 1.807) is 11.3 Å². The van der Waals surface area contributed by atoms with E-state index in [1.807, 2.05) is 0 Å². The Kier molecular flexibility index (Phi) is 6.48. The number of carbonyl (C=O) groups excluding carboxylic acids is 1. The van der Waals surface area contributed by atoms with Gasteiger partial charge in [-0.05, 0) is 30.2 Å². The standard InChI is InChI=1S/C18H28N2O2S/c21-18(13-15-5-2-1-3-6-15)19-14-16(17-7-4-12-23-17)20-8-10-22-11-9-20/h4,7,12,15-16H,1-3,5-6,8-11,13-14H2,(H,19,21). The number of nitrogens with one attached hydrogen (secondary N) is 1. The fourth-order valence-corrected chi connectivity index (χ4v) is 4.58. The van der Waals surface area contributed by atoms with Crippen molar-refractivity contribution in [1.82, 2.24) is 10.2 Å². The molecule has 2 fully saturated rings. The summed E-state index contributed by atoms with van der Waals surface area (Å²) in [6, 6.07) is 4.56. The Hall–Kier alpha value is -0.910. The molecule has 1 saturated carbocycles. The molecule has 1 unspecified atom stereocenters. The molecule has 1 N–H and O–H groups in total. The lowest BCUT2D eigenvalue weighted by Crippen LogP contribution is -2.43. The molecule has 1 aliphatic heterocycles. The highest BCUT2D eigenvalue weighted by Crippen LogP contribution is 2.27. The fraction of sp³-hybridized carbons (Fsp3) is 0.722. The van der Waals surface area contributed by atoms with Crippen LogP contribution in [-0.2, 0) is 9.53 Å². The Morgan fingerprint density at radius 2 is 2.09 bits per heavy atom. The van der Waals surface area contributed by atoms with E-state index in [-0.39, 0.29) is 11.9 Å². The zero-order valence-electron chi connectivity index (χ0n) is 13.8. The van der Waals surface area contributed by atoms with Crippen molar-refractivity contribution in [3.05, 3.63) is 22.4 Å². The summed E-state index contributed by atoms with van der Waals surface area (Å²) in [7, 11) is 0. The van der Waals surface area contributed by atoms with Gasteiger partial charge >= 0.3 is 0 Å². The quantitative estimate of drug-likeness (QED) is 0.867. The zero-order valence-corrected chi connectivity index (χ0v) is 14.7. The van der Waals surface area contributed by atoms with Crippen LogP contribution in [0.2, 0.25) is 0 Å². The van der Waals surface area contributed by atoms with Gasteiger partial charge in [-0.1, -0.05) is 25.3 Å². The van der Waals surface area contributed by atoms with Crippen molar-refractivity contribution < 1.29 is 9.53 Å². The van der Waals surface area contributed by atoms with Gasteiger partial charge in [0, 0.05) is 30.9 Å². The SMILES string of the molecule is O=C(CC1CCCCC1)NCC(c1cccs1)N1CCOCC1. The van der Waals surface area contributed by atoms with E-state index in [9.17, 15) is 4.79 Å². The molecule has 3 rings (SSSR count). The number of hydrogen-bond donors (Lipinski definition) is 1. The summed E-state index contributed by atoms with van der Waals surface area (Å²) < 4.78 is 5.47. The molecule has 0 spiro atoms. The lowest BCUT2D eigenvalue weighted by atomic mass is 9.87. The second-order valence-electron chi connectivity index (χ2n) is 6.69. The molecule has 1 aliphatic carbocycles. The Balaban J connectivity index is 1.52. The Bertz CT molecular complexity index is 465. The second-order valence-corrected chi connectivity index (χ2v) is 7.67. The Morgan fingerprint density at radius 3 is 2.78 bits per heavy atom. The first kappa shape index (κ1) is 16.9. The lowest BCUT2D eigenvalue weighted by Gasteiger charge is -2.34. The van der Waals surface area contributed by atoms with E-state index < -0.39 is 0 Å². The van der Waals surface area contributed by atoms with Gasteiger partial charge in [0.05, 0.1) is 19.3 Å². The molecule has 2 heterocycles. The molecule has 2 aliphatic rings. The van der Waals surface area contributed by atoms with E-state index in [4.69, 9.17) is 4.74 Å². The topological polar surface area (TPSA) is 41.6 Å². The number of rotatable bonds is 6. The first-order valence-electron chi connectivity index (χ1n) is 8.95. The van der Waals surface area contributed by atoms with Crippen molar-refractivity contribution in [1.29, 1.82) is 0 Å². The van der Waals surface area contributed by atoms with E-state index in [0.717, 1.165) is 26.3 Å². The highest BCUT2D eigenvalue weighted by molar-refractivity contribution is 7.10. The van der Waals surface area contributed by atoms with Crippen molar-refractivity contribution in [3.63, 3.8) is 0 Å². The van der Waals surface area contributed by atoms with Crippen LogP contribution in [0.25, 0.3) is 0 Å². The molecule has 1 aromatic heterocycles. The van der Waals surface area contributed by atoms with Gasteiger partial charge < -0.3 is 10.1 Å². The van der Waals surface area contributed by atoms with Gasteiger partial charge in [0.1, 0.15) is 0 Å². The third-order valence-electron chi connectivity index (χ3n) is 5.05. The Morgan fingerprint density at radius 1 is 1.30 bits per heavy atom. The number of ether oxygens (including phenoxy) is 1. The normalized spacial score (nSPS) is 21.9. The predicted molar refractivity (Wildman–Crippen MR) is 93.7 cm³/mol. The van der Waals surface area contributed by atoms with Gasteiger partial charge in [-0.3, -0.25) is 9.69 Å². The van der Waals surface area contributed by atoms with Crippen molar-refractivity contribution in [2.45, 2.75) is 44.6 Å². The first-order chi connectivity index (χ1) is 11.3. The molecular weight excluding hydrogens is 308 g/mol. The number of thiophene rings is 1. The molecule has 1 atom stereocenters.